The summed E-state index contributed by atoms with van der Waals surface area (Å²) in [6, 6.07) is 7.05. The van der Waals surface area contributed by atoms with Gasteiger partial charge in [-0.3, -0.25) is 38.8 Å². The second kappa shape index (κ2) is 18.7. The van der Waals surface area contributed by atoms with Crippen molar-refractivity contribution in [1.29, 1.82) is 0 Å². The topological polar surface area (TPSA) is 147 Å². The number of fused-ring (bicyclic) bond motifs is 1. The van der Waals surface area contributed by atoms with Crippen LogP contribution in [0, 0.1) is 6.57 Å². The second-order valence-corrected chi connectivity index (χ2v) is 11.4. The van der Waals surface area contributed by atoms with Gasteiger partial charge in [-0.2, -0.15) is 0 Å². The van der Waals surface area contributed by atoms with E-state index < -0.39 is 6.17 Å². The van der Waals surface area contributed by atoms with Crippen molar-refractivity contribution in [1.82, 2.24) is 30.3 Å². The van der Waals surface area contributed by atoms with E-state index in [2.05, 4.69) is 25.4 Å². The highest BCUT2D eigenvalue weighted by Gasteiger charge is 2.32. The normalized spacial score (nSPS) is 16.6. The first kappa shape index (κ1) is 35.5. The number of nitrogens with one attached hydrogen (secondary N) is 2. The molecule has 2 aliphatic heterocycles. The summed E-state index contributed by atoms with van der Waals surface area (Å²) in [4.78, 5) is 62.5. The molecule has 0 radical (unpaired) electrons. The van der Waals surface area contributed by atoms with Gasteiger partial charge >= 0.3 is 6.17 Å². The molecule has 2 saturated heterocycles. The number of amides is 4. The number of benzene rings is 1. The summed E-state index contributed by atoms with van der Waals surface area (Å²) in [5.74, 6) is -0.0101. The summed E-state index contributed by atoms with van der Waals surface area (Å²) in [6.45, 7) is 15.5. The van der Waals surface area contributed by atoms with Gasteiger partial charge in [0.15, 0.2) is 0 Å². The van der Waals surface area contributed by atoms with Crippen LogP contribution in [0.2, 0.25) is 0 Å². The van der Waals surface area contributed by atoms with Crippen LogP contribution in [0.15, 0.2) is 30.5 Å². The molecule has 14 nitrogen and oxygen atoms in total. The summed E-state index contributed by atoms with van der Waals surface area (Å²) in [5.41, 5.74) is 1.05. The van der Waals surface area contributed by atoms with Gasteiger partial charge in [0.2, 0.25) is 17.7 Å². The number of carbonyl (C=O) groups excluding carboxylic acids is 4. The molecule has 4 amide bonds. The molecule has 2 fully saturated rings. The third kappa shape index (κ3) is 11.2. The minimum absolute atomic E-state index is 0.0866. The highest BCUT2D eigenvalue weighted by molar-refractivity contribution is 6.07. The van der Waals surface area contributed by atoms with Crippen molar-refractivity contribution in [2.24, 2.45) is 0 Å². The Kier molecular flexibility index (Phi) is 14.2. The maximum absolute atomic E-state index is 13.0. The molecule has 2 aliphatic rings. The lowest BCUT2D eigenvalue weighted by Gasteiger charge is -2.34. The first-order chi connectivity index (χ1) is 22.9. The highest BCUT2D eigenvalue weighted by Crippen LogP contribution is 2.23. The van der Waals surface area contributed by atoms with E-state index in [4.69, 9.17) is 20.8 Å². The zero-order chi connectivity index (χ0) is 33.4. The number of pyridine rings is 1. The predicted molar refractivity (Wildman–Crippen MR) is 173 cm³/mol. The molecule has 0 bridgehead atoms. The third-order valence-corrected chi connectivity index (χ3v) is 8.11. The number of carbonyl (C=O) groups is 4. The lowest BCUT2D eigenvalue weighted by atomic mass is 10.1. The Hall–Kier alpha value is -4.32. The lowest BCUT2D eigenvalue weighted by Crippen LogP contribution is -2.49. The SMILES string of the molecule is [C-]#[N+]C1CCCN1C(=O)CNC(=O)c1ccnc2ccc(OCCCN3CCN(C(=O)CCOCCOCCNC(C)=O)CC3)cc12. The molecular weight excluding hydrogens is 606 g/mol. The van der Waals surface area contributed by atoms with Gasteiger partial charge in [0.25, 0.3) is 5.91 Å². The first-order valence-corrected chi connectivity index (χ1v) is 16.2. The number of hydrogen-bond acceptors (Lipinski definition) is 9. The smallest absolute Gasteiger partial charge is 0.300 e. The van der Waals surface area contributed by atoms with E-state index in [0.29, 0.717) is 94.3 Å². The molecule has 47 heavy (non-hydrogen) atoms. The molecule has 254 valence electrons. The zero-order valence-electron chi connectivity index (χ0n) is 27.1. The maximum atomic E-state index is 13.0. The number of likely N-dealkylation sites (tertiary alicyclic amines) is 1. The van der Waals surface area contributed by atoms with Crippen LogP contribution in [-0.2, 0) is 23.9 Å². The quantitative estimate of drug-likeness (QED) is 0.191. The lowest BCUT2D eigenvalue weighted by molar-refractivity contribution is -0.134. The van der Waals surface area contributed by atoms with Crippen LogP contribution in [0.5, 0.6) is 5.75 Å². The Morgan fingerprint density at radius 1 is 0.957 bits per heavy atom. The van der Waals surface area contributed by atoms with Crippen molar-refractivity contribution in [3.05, 3.63) is 47.4 Å². The van der Waals surface area contributed by atoms with Crippen molar-refractivity contribution in [2.45, 2.75) is 38.8 Å². The summed E-state index contributed by atoms with van der Waals surface area (Å²) in [7, 11) is 0. The summed E-state index contributed by atoms with van der Waals surface area (Å²) >= 11 is 0. The largest absolute Gasteiger partial charge is 0.494 e. The molecule has 2 aromatic rings. The minimum atomic E-state index is -0.447. The number of rotatable bonds is 17. The average molecular weight is 652 g/mol. The first-order valence-electron chi connectivity index (χ1n) is 16.2. The molecule has 1 unspecified atom stereocenters. The Labute approximate surface area is 275 Å². The molecule has 1 aromatic carbocycles. The average Bonchev–Trinajstić information content (AvgIpc) is 3.57. The van der Waals surface area contributed by atoms with Crippen LogP contribution in [0.1, 0.15) is 43.0 Å². The molecule has 4 rings (SSSR count). The number of nitrogens with zero attached hydrogens (tertiary/aromatic N) is 5. The van der Waals surface area contributed by atoms with Gasteiger partial charge in [-0.15, -0.1) is 0 Å². The van der Waals surface area contributed by atoms with Gasteiger partial charge in [-0.1, -0.05) is 0 Å². The van der Waals surface area contributed by atoms with Gasteiger partial charge in [-0.05, 0) is 37.1 Å². The van der Waals surface area contributed by atoms with Crippen LogP contribution in [0.4, 0.5) is 0 Å². The molecule has 1 atom stereocenters. The Morgan fingerprint density at radius 2 is 1.74 bits per heavy atom. The zero-order valence-corrected chi connectivity index (χ0v) is 27.1. The van der Waals surface area contributed by atoms with Crippen LogP contribution >= 0.6 is 0 Å². The fourth-order valence-corrected chi connectivity index (χ4v) is 5.58. The number of ether oxygens (including phenoxy) is 3. The van der Waals surface area contributed by atoms with E-state index in [0.717, 1.165) is 32.5 Å². The van der Waals surface area contributed by atoms with E-state index in [-0.39, 0.29) is 30.2 Å². The van der Waals surface area contributed by atoms with Crippen LogP contribution in [0.3, 0.4) is 0 Å². The third-order valence-electron chi connectivity index (χ3n) is 8.11. The molecular formula is C33H45N7O7. The van der Waals surface area contributed by atoms with E-state index in [1.165, 1.54) is 11.8 Å². The van der Waals surface area contributed by atoms with Crippen molar-refractivity contribution in [3.8, 4) is 5.75 Å². The fourth-order valence-electron chi connectivity index (χ4n) is 5.58. The van der Waals surface area contributed by atoms with Gasteiger partial charge in [0.05, 0.1) is 57.1 Å². The molecule has 0 aliphatic carbocycles. The van der Waals surface area contributed by atoms with E-state index in [9.17, 15) is 19.2 Å². The van der Waals surface area contributed by atoms with Crippen molar-refractivity contribution in [2.75, 3.05) is 85.4 Å². The van der Waals surface area contributed by atoms with Crippen LogP contribution in [0.25, 0.3) is 15.7 Å². The Bertz CT molecular complexity index is 1410. The predicted octanol–water partition coefficient (Wildman–Crippen LogP) is 1.30. The highest BCUT2D eigenvalue weighted by atomic mass is 16.5. The molecule has 1 aromatic heterocycles. The van der Waals surface area contributed by atoms with Crippen molar-refractivity contribution in [3.63, 3.8) is 0 Å². The van der Waals surface area contributed by atoms with Crippen LogP contribution in [-0.4, -0.2) is 135 Å². The van der Waals surface area contributed by atoms with Crippen LogP contribution < -0.4 is 15.4 Å². The molecule has 14 heteroatoms. The van der Waals surface area contributed by atoms with Gasteiger partial charge in [-0.25, -0.2) is 6.57 Å². The summed E-state index contributed by atoms with van der Waals surface area (Å²) < 4.78 is 16.9. The minimum Gasteiger partial charge on any atom is -0.494 e. The molecule has 2 N–H and O–H groups in total. The van der Waals surface area contributed by atoms with E-state index in [1.807, 2.05) is 17.0 Å². The summed E-state index contributed by atoms with van der Waals surface area (Å²) in [5, 5.41) is 5.99. The second-order valence-electron chi connectivity index (χ2n) is 11.4. The van der Waals surface area contributed by atoms with E-state index in [1.54, 1.807) is 18.3 Å². The van der Waals surface area contributed by atoms with Crippen molar-refractivity contribution >= 4 is 34.5 Å². The fraction of sp³-hybridized carbons (Fsp3) is 0.576. The van der Waals surface area contributed by atoms with Gasteiger partial charge in [0.1, 0.15) is 5.75 Å². The number of aromatic nitrogens is 1. The van der Waals surface area contributed by atoms with Gasteiger partial charge < -0.3 is 29.7 Å². The monoisotopic (exact) mass is 651 g/mol. The molecule has 0 spiro atoms. The summed E-state index contributed by atoms with van der Waals surface area (Å²) in [6.07, 6.45) is 3.72. The number of hydrogen-bond donors (Lipinski definition) is 2. The van der Waals surface area contributed by atoms with Crippen molar-refractivity contribution < 1.29 is 33.4 Å². The Morgan fingerprint density at radius 3 is 2.51 bits per heavy atom. The van der Waals surface area contributed by atoms with E-state index >= 15 is 0 Å². The maximum Gasteiger partial charge on any atom is 0.300 e. The number of piperazine rings is 1. The standard InChI is InChI=1S/C33H45N7O7/c1-25(41)35-11-20-46-22-21-45-19-9-31(42)39-16-14-38(15-17-39)12-4-18-47-26-6-7-29-28(23-26)27(8-10-36-29)33(44)37-24-32(43)40-13-3-5-30(40)34-2/h6-8,10,23,30H,3-5,9,11-22,24H2,1H3,(H,35,41)(H,37,44). The Balaban J connectivity index is 1.12. The van der Waals surface area contributed by atoms with Gasteiger partial charge in [0, 0.05) is 70.7 Å². The molecule has 0 saturated carbocycles. The molecule has 3 heterocycles.